The van der Waals surface area contributed by atoms with Crippen molar-refractivity contribution >= 4 is 5.97 Å². The predicted octanol–water partition coefficient (Wildman–Crippen LogP) is 1.52. The van der Waals surface area contributed by atoms with Crippen molar-refractivity contribution < 1.29 is 9.53 Å². The molecule has 0 unspecified atom stereocenters. The quantitative estimate of drug-likeness (QED) is 0.555. The Kier molecular flexibility index (Phi) is 3.97. The molecule has 0 atom stereocenters. The third-order valence-electron chi connectivity index (χ3n) is 3.03. The summed E-state index contributed by atoms with van der Waals surface area (Å²) >= 11 is 0. The molecule has 0 aromatic heterocycles. The lowest BCUT2D eigenvalue weighted by Crippen LogP contribution is -2.63. The van der Waals surface area contributed by atoms with Gasteiger partial charge in [0.25, 0.3) is 0 Å². The maximum Gasteiger partial charge on any atom is 0.341 e. The van der Waals surface area contributed by atoms with Crippen LogP contribution in [0.1, 0.15) is 52.9 Å². The molecule has 0 spiro atoms. The fourth-order valence-corrected chi connectivity index (χ4v) is 2.11. The molecule has 1 saturated carbocycles. The molecule has 0 aromatic carbocycles. The second-order valence-corrected chi connectivity index (χ2v) is 5.77. The Labute approximate surface area is 97.7 Å². The summed E-state index contributed by atoms with van der Waals surface area (Å²) in [4.78, 5) is 11.9. The van der Waals surface area contributed by atoms with E-state index in [0.29, 0.717) is 0 Å². The van der Waals surface area contributed by atoms with Crippen molar-refractivity contribution in [3.63, 3.8) is 0 Å². The highest BCUT2D eigenvalue weighted by Gasteiger charge is 2.41. The Balaban J connectivity index is 2.64. The van der Waals surface area contributed by atoms with Crippen molar-refractivity contribution in [3.8, 4) is 0 Å². The van der Waals surface area contributed by atoms with Crippen LogP contribution in [0.5, 0.6) is 0 Å². The largest absolute Gasteiger partial charge is 0.458 e. The molecule has 0 radical (unpaired) electrons. The van der Waals surface area contributed by atoms with Gasteiger partial charge in [-0.2, -0.15) is 0 Å². The van der Waals surface area contributed by atoms with Gasteiger partial charge in [-0.3, -0.25) is 0 Å². The third kappa shape index (κ3) is 3.46. The summed E-state index contributed by atoms with van der Waals surface area (Å²) < 4.78 is 5.27. The van der Waals surface area contributed by atoms with Crippen molar-refractivity contribution in [2.75, 3.05) is 0 Å². The average Bonchev–Trinajstić information content (AvgIpc) is 2.16. The molecule has 1 aliphatic carbocycles. The van der Waals surface area contributed by atoms with Gasteiger partial charge in [0.15, 0.2) is 5.66 Å². The molecule has 0 aliphatic heterocycles. The summed E-state index contributed by atoms with van der Waals surface area (Å²) in [5, 5.41) is 0. The van der Waals surface area contributed by atoms with Gasteiger partial charge in [0, 0.05) is 5.92 Å². The molecule has 1 fully saturated rings. The number of rotatable bonds is 2. The molecule has 0 amide bonds. The summed E-state index contributed by atoms with van der Waals surface area (Å²) in [6.45, 7) is 5.46. The van der Waals surface area contributed by atoms with Gasteiger partial charge in [0.05, 0.1) is 0 Å². The highest BCUT2D eigenvalue weighted by atomic mass is 16.6. The monoisotopic (exact) mass is 228 g/mol. The Morgan fingerprint density at radius 3 is 2.06 bits per heavy atom. The van der Waals surface area contributed by atoms with Crippen LogP contribution in [0.3, 0.4) is 0 Å². The summed E-state index contributed by atoms with van der Waals surface area (Å²) in [5.41, 5.74) is 10.0. The maximum atomic E-state index is 11.9. The predicted molar refractivity (Wildman–Crippen MR) is 63.5 cm³/mol. The van der Waals surface area contributed by atoms with Gasteiger partial charge in [-0.15, -0.1) is 0 Å². The standard InChI is InChI=1S/C12H24N2O2/c1-11(2,3)16-10(15)12(13,14)9-7-5-4-6-8-9/h9H,4-8,13-14H2,1-3H3. The van der Waals surface area contributed by atoms with Crippen molar-refractivity contribution in [2.45, 2.75) is 64.1 Å². The number of esters is 1. The molecular weight excluding hydrogens is 204 g/mol. The molecule has 16 heavy (non-hydrogen) atoms. The van der Waals surface area contributed by atoms with E-state index in [-0.39, 0.29) is 5.92 Å². The number of ether oxygens (including phenoxy) is 1. The molecule has 1 rings (SSSR count). The van der Waals surface area contributed by atoms with E-state index < -0.39 is 17.2 Å². The first-order valence-electron chi connectivity index (χ1n) is 6.04. The van der Waals surface area contributed by atoms with Crippen LogP contribution in [0, 0.1) is 5.92 Å². The molecule has 94 valence electrons. The molecule has 4 nitrogen and oxygen atoms in total. The zero-order valence-electron chi connectivity index (χ0n) is 10.6. The molecule has 4 heteroatoms. The minimum absolute atomic E-state index is 0.0519. The lowest BCUT2D eigenvalue weighted by atomic mass is 9.80. The zero-order valence-corrected chi connectivity index (χ0v) is 10.6. The van der Waals surface area contributed by atoms with Gasteiger partial charge in [0.1, 0.15) is 5.60 Å². The minimum atomic E-state index is -1.33. The third-order valence-corrected chi connectivity index (χ3v) is 3.03. The van der Waals surface area contributed by atoms with Crippen LogP contribution in [-0.4, -0.2) is 17.2 Å². The molecule has 4 N–H and O–H groups in total. The lowest BCUT2D eigenvalue weighted by molar-refractivity contribution is -0.164. The fraction of sp³-hybridized carbons (Fsp3) is 0.917. The van der Waals surface area contributed by atoms with Crippen LogP contribution in [0.25, 0.3) is 0 Å². The first kappa shape index (κ1) is 13.5. The van der Waals surface area contributed by atoms with Gasteiger partial charge in [-0.1, -0.05) is 19.3 Å². The van der Waals surface area contributed by atoms with Gasteiger partial charge in [-0.25, -0.2) is 4.79 Å². The number of carbonyl (C=O) groups excluding carboxylic acids is 1. The van der Waals surface area contributed by atoms with E-state index in [0.717, 1.165) is 25.7 Å². The fourth-order valence-electron chi connectivity index (χ4n) is 2.11. The van der Waals surface area contributed by atoms with Crippen molar-refractivity contribution in [3.05, 3.63) is 0 Å². The zero-order chi connectivity index (χ0) is 12.4. The minimum Gasteiger partial charge on any atom is -0.458 e. The Morgan fingerprint density at radius 2 is 1.62 bits per heavy atom. The van der Waals surface area contributed by atoms with Crippen LogP contribution in [0.2, 0.25) is 0 Å². The van der Waals surface area contributed by atoms with E-state index in [1.165, 1.54) is 6.42 Å². The van der Waals surface area contributed by atoms with Crippen LogP contribution < -0.4 is 11.5 Å². The van der Waals surface area contributed by atoms with Crippen molar-refractivity contribution in [1.29, 1.82) is 0 Å². The summed E-state index contributed by atoms with van der Waals surface area (Å²) in [6.07, 6.45) is 5.26. The molecule has 0 bridgehead atoms. The van der Waals surface area contributed by atoms with Gasteiger partial charge >= 0.3 is 5.97 Å². The highest BCUT2D eigenvalue weighted by Crippen LogP contribution is 2.30. The van der Waals surface area contributed by atoms with Crippen LogP contribution in [0.4, 0.5) is 0 Å². The Hall–Kier alpha value is -0.610. The number of hydrogen-bond acceptors (Lipinski definition) is 4. The van der Waals surface area contributed by atoms with Crippen LogP contribution in [0.15, 0.2) is 0 Å². The number of hydrogen-bond donors (Lipinski definition) is 2. The smallest absolute Gasteiger partial charge is 0.341 e. The number of nitrogens with two attached hydrogens (primary N) is 2. The van der Waals surface area contributed by atoms with E-state index in [9.17, 15) is 4.79 Å². The van der Waals surface area contributed by atoms with Gasteiger partial charge in [-0.05, 0) is 33.6 Å². The SMILES string of the molecule is CC(C)(C)OC(=O)C(N)(N)C1CCCCC1. The average molecular weight is 228 g/mol. The first-order valence-corrected chi connectivity index (χ1v) is 6.04. The normalized spacial score (nSPS) is 19.6. The van der Waals surface area contributed by atoms with Crippen LogP contribution >= 0.6 is 0 Å². The Bertz CT molecular complexity index is 250. The second kappa shape index (κ2) is 4.72. The topological polar surface area (TPSA) is 78.3 Å². The van der Waals surface area contributed by atoms with E-state index >= 15 is 0 Å². The number of carbonyl (C=O) groups is 1. The molecule has 0 saturated heterocycles. The summed E-state index contributed by atoms with van der Waals surface area (Å²) in [7, 11) is 0. The molecular formula is C12H24N2O2. The molecule has 0 aromatic rings. The van der Waals surface area contributed by atoms with E-state index in [4.69, 9.17) is 16.2 Å². The van der Waals surface area contributed by atoms with Crippen molar-refractivity contribution in [2.24, 2.45) is 17.4 Å². The van der Waals surface area contributed by atoms with E-state index in [2.05, 4.69) is 0 Å². The molecule has 0 heterocycles. The van der Waals surface area contributed by atoms with Gasteiger partial charge < -0.3 is 16.2 Å². The van der Waals surface area contributed by atoms with Gasteiger partial charge in [0.2, 0.25) is 0 Å². The Morgan fingerprint density at radius 1 is 1.12 bits per heavy atom. The summed E-state index contributed by atoms with van der Waals surface area (Å²) in [6, 6.07) is 0. The maximum absolute atomic E-state index is 11.9. The second-order valence-electron chi connectivity index (χ2n) is 5.77. The summed E-state index contributed by atoms with van der Waals surface area (Å²) in [5.74, 6) is -0.428. The van der Waals surface area contributed by atoms with E-state index in [1.807, 2.05) is 20.8 Å². The van der Waals surface area contributed by atoms with Crippen LogP contribution in [-0.2, 0) is 9.53 Å². The molecule has 1 aliphatic rings. The highest BCUT2D eigenvalue weighted by molar-refractivity contribution is 5.80. The first-order chi connectivity index (χ1) is 7.23. The van der Waals surface area contributed by atoms with Crippen molar-refractivity contribution in [1.82, 2.24) is 0 Å². The van der Waals surface area contributed by atoms with E-state index in [1.54, 1.807) is 0 Å². The lowest BCUT2D eigenvalue weighted by Gasteiger charge is -2.36.